The Morgan fingerprint density at radius 1 is 1.30 bits per heavy atom. The summed E-state index contributed by atoms with van der Waals surface area (Å²) in [6, 6.07) is 1.15. The van der Waals surface area contributed by atoms with Crippen molar-refractivity contribution in [3.63, 3.8) is 0 Å². The highest BCUT2D eigenvalue weighted by atomic mass is 32.1. The van der Waals surface area contributed by atoms with E-state index in [2.05, 4.69) is 5.32 Å². The van der Waals surface area contributed by atoms with E-state index >= 15 is 0 Å². The molecule has 1 heterocycles. The fourth-order valence-electron chi connectivity index (χ4n) is 2.52. The number of aryl methyl sites for hydroxylation is 2. The van der Waals surface area contributed by atoms with Gasteiger partial charge in [0.05, 0.1) is 4.88 Å². The summed E-state index contributed by atoms with van der Waals surface area (Å²) in [7, 11) is 0. The van der Waals surface area contributed by atoms with Crippen molar-refractivity contribution in [2.45, 2.75) is 57.9 Å². The van der Waals surface area contributed by atoms with Crippen molar-refractivity contribution in [1.29, 1.82) is 0 Å². The zero-order chi connectivity index (χ0) is 14.5. The number of aliphatic carboxylic acids is 1. The van der Waals surface area contributed by atoms with Gasteiger partial charge >= 0.3 is 5.97 Å². The minimum Gasteiger partial charge on any atom is -0.480 e. The number of rotatable bonds is 4. The zero-order valence-corrected chi connectivity index (χ0v) is 12.6. The molecule has 0 aromatic carbocycles. The number of amides is 1. The Bertz CT molecular complexity index is 470. The third kappa shape index (κ3) is 3.60. The van der Waals surface area contributed by atoms with Crippen molar-refractivity contribution in [2.75, 3.05) is 0 Å². The second-order valence-electron chi connectivity index (χ2n) is 5.25. The van der Waals surface area contributed by atoms with Gasteiger partial charge in [0.1, 0.15) is 6.04 Å². The molecule has 0 fully saturated rings. The van der Waals surface area contributed by atoms with E-state index < -0.39 is 12.0 Å². The highest BCUT2D eigenvalue weighted by Crippen LogP contribution is 2.28. The summed E-state index contributed by atoms with van der Waals surface area (Å²) in [5, 5.41) is 11.6. The molecule has 5 heteroatoms. The summed E-state index contributed by atoms with van der Waals surface area (Å²) in [6.07, 6.45) is 7.35. The molecule has 1 unspecified atom stereocenters. The van der Waals surface area contributed by atoms with Gasteiger partial charge in [-0.05, 0) is 43.7 Å². The van der Waals surface area contributed by atoms with Gasteiger partial charge in [0.25, 0.3) is 5.91 Å². The topological polar surface area (TPSA) is 66.4 Å². The van der Waals surface area contributed by atoms with E-state index in [-0.39, 0.29) is 5.91 Å². The van der Waals surface area contributed by atoms with E-state index in [9.17, 15) is 9.59 Å². The van der Waals surface area contributed by atoms with Crippen molar-refractivity contribution in [3.8, 4) is 0 Å². The molecule has 0 aliphatic heterocycles. The Morgan fingerprint density at radius 2 is 2.00 bits per heavy atom. The van der Waals surface area contributed by atoms with Gasteiger partial charge in [-0.15, -0.1) is 11.3 Å². The molecule has 1 aromatic rings. The minimum atomic E-state index is -0.976. The van der Waals surface area contributed by atoms with Crippen LogP contribution in [0.1, 0.15) is 59.1 Å². The largest absolute Gasteiger partial charge is 0.480 e. The lowest BCUT2D eigenvalue weighted by molar-refractivity contribution is -0.139. The van der Waals surface area contributed by atoms with E-state index in [4.69, 9.17) is 5.11 Å². The summed E-state index contributed by atoms with van der Waals surface area (Å²) in [4.78, 5) is 25.1. The molecule has 1 aliphatic carbocycles. The smallest absolute Gasteiger partial charge is 0.326 e. The third-order valence-electron chi connectivity index (χ3n) is 3.73. The predicted octanol–water partition coefficient (Wildman–Crippen LogP) is 3.00. The molecule has 110 valence electrons. The van der Waals surface area contributed by atoms with Crippen LogP contribution in [0.2, 0.25) is 0 Å². The van der Waals surface area contributed by atoms with Gasteiger partial charge in [-0.1, -0.05) is 19.8 Å². The molecule has 1 atom stereocenters. The van der Waals surface area contributed by atoms with Crippen molar-refractivity contribution in [2.24, 2.45) is 0 Å². The summed E-state index contributed by atoms with van der Waals surface area (Å²) in [5.41, 5.74) is 1.28. The standard InChI is InChI=1S/C15H21NO3S/c1-2-11(15(18)19)16-14(17)13-9-10-7-5-3-4-6-8-12(10)20-13/h9,11H,2-8H2,1H3,(H,16,17)(H,18,19). The lowest BCUT2D eigenvalue weighted by Gasteiger charge is -2.10. The maximum Gasteiger partial charge on any atom is 0.326 e. The highest BCUT2D eigenvalue weighted by molar-refractivity contribution is 7.14. The molecule has 1 aliphatic rings. The van der Waals surface area contributed by atoms with Gasteiger partial charge in [0.2, 0.25) is 0 Å². The maximum absolute atomic E-state index is 12.1. The van der Waals surface area contributed by atoms with Gasteiger partial charge in [0.15, 0.2) is 0 Å². The number of carboxylic acid groups (broad SMARTS) is 1. The number of hydrogen-bond donors (Lipinski definition) is 2. The molecule has 2 N–H and O–H groups in total. The fraction of sp³-hybridized carbons (Fsp3) is 0.600. The SMILES string of the molecule is CCC(NC(=O)c1cc2c(s1)CCCCCC2)C(=O)O. The van der Waals surface area contributed by atoms with Crippen LogP contribution in [0.25, 0.3) is 0 Å². The second kappa shape index (κ2) is 6.88. The molecule has 0 spiro atoms. The summed E-state index contributed by atoms with van der Waals surface area (Å²) in [5.74, 6) is -1.23. The molecule has 0 radical (unpaired) electrons. The Labute approximate surface area is 123 Å². The van der Waals surface area contributed by atoms with Crippen LogP contribution in [-0.4, -0.2) is 23.0 Å². The monoisotopic (exact) mass is 295 g/mol. The molecule has 0 saturated heterocycles. The average molecular weight is 295 g/mol. The van der Waals surface area contributed by atoms with E-state index in [0.29, 0.717) is 11.3 Å². The van der Waals surface area contributed by atoms with Crippen LogP contribution in [0, 0.1) is 0 Å². The Kier molecular flexibility index (Phi) is 5.17. The van der Waals surface area contributed by atoms with Crippen molar-refractivity contribution in [1.82, 2.24) is 5.32 Å². The fourth-order valence-corrected chi connectivity index (χ4v) is 3.68. The number of carboxylic acids is 1. The lowest BCUT2D eigenvalue weighted by Crippen LogP contribution is -2.39. The molecular weight excluding hydrogens is 274 g/mol. The van der Waals surface area contributed by atoms with Crippen LogP contribution < -0.4 is 5.32 Å². The summed E-state index contributed by atoms with van der Waals surface area (Å²) >= 11 is 1.53. The first-order chi connectivity index (χ1) is 9.61. The molecule has 1 amide bonds. The first-order valence-electron chi connectivity index (χ1n) is 7.27. The lowest BCUT2D eigenvalue weighted by atomic mass is 10.00. The molecule has 1 aromatic heterocycles. The van der Waals surface area contributed by atoms with E-state index in [0.717, 1.165) is 12.8 Å². The first-order valence-corrected chi connectivity index (χ1v) is 8.08. The van der Waals surface area contributed by atoms with Gasteiger partial charge in [-0.2, -0.15) is 0 Å². The number of nitrogens with one attached hydrogen (secondary N) is 1. The van der Waals surface area contributed by atoms with Crippen LogP contribution in [0.4, 0.5) is 0 Å². The van der Waals surface area contributed by atoms with Gasteiger partial charge in [0, 0.05) is 4.88 Å². The number of thiophene rings is 1. The van der Waals surface area contributed by atoms with Crippen molar-refractivity contribution < 1.29 is 14.7 Å². The van der Waals surface area contributed by atoms with Gasteiger partial charge in [-0.25, -0.2) is 4.79 Å². The van der Waals surface area contributed by atoms with Crippen LogP contribution in [0.15, 0.2) is 6.07 Å². The average Bonchev–Trinajstić information content (AvgIpc) is 2.78. The molecule has 0 bridgehead atoms. The molecular formula is C15H21NO3S. The second-order valence-corrected chi connectivity index (χ2v) is 6.38. The van der Waals surface area contributed by atoms with E-state index in [1.54, 1.807) is 6.92 Å². The quantitative estimate of drug-likeness (QED) is 0.897. The third-order valence-corrected chi connectivity index (χ3v) is 4.97. The van der Waals surface area contributed by atoms with Crippen LogP contribution in [-0.2, 0) is 17.6 Å². The Hall–Kier alpha value is -1.36. The van der Waals surface area contributed by atoms with Crippen LogP contribution >= 0.6 is 11.3 Å². The minimum absolute atomic E-state index is 0.254. The number of carbonyl (C=O) groups excluding carboxylic acids is 1. The normalized spacial score (nSPS) is 16.6. The molecule has 2 rings (SSSR count). The van der Waals surface area contributed by atoms with Crippen molar-refractivity contribution in [3.05, 3.63) is 21.4 Å². The Morgan fingerprint density at radius 3 is 2.65 bits per heavy atom. The zero-order valence-electron chi connectivity index (χ0n) is 11.8. The molecule has 4 nitrogen and oxygen atoms in total. The van der Waals surface area contributed by atoms with Gasteiger partial charge < -0.3 is 10.4 Å². The number of hydrogen-bond acceptors (Lipinski definition) is 3. The Balaban J connectivity index is 2.10. The molecule has 0 saturated carbocycles. The molecule has 20 heavy (non-hydrogen) atoms. The summed E-state index contributed by atoms with van der Waals surface area (Å²) < 4.78 is 0. The van der Waals surface area contributed by atoms with Crippen LogP contribution in [0.5, 0.6) is 0 Å². The number of carbonyl (C=O) groups is 2. The van der Waals surface area contributed by atoms with Crippen molar-refractivity contribution >= 4 is 23.2 Å². The van der Waals surface area contributed by atoms with Gasteiger partial charge in [-0.3, -0.25) is 4.79 Å². The first kappa shape index (κ1) is 15.0. The maximum atomic E-state index is 12.1. The predicted molar refractivity (Wildman–Crippen MR) is 79.4 cm³/mol. The highest BCUT2D eigenvalue weighted by Gasteiger charge is 2.21. The summed E-state index contributed by atoms with van der Waals surface area (Å²) in [6.45, 7) is 1.76. The number of fused-ring (bicyclic) bond motifs is 1. The van der Waals surface area contributed by atoms with E-state index in [1.807, 2.05) is 6.07 Å². The van der Waals surface area contributed by atoms with E-state index in [1.165, 1.54) is 47.5 Å². The van der Waals surface area contributed by atoms with Crippen LogP contribution in [0.3, 0.4) is 0 Å².